The van der Waals surface area contributed by atoms with Crippen molar-refractivity contribution in [2.75, 3.05) is 4.90 Å². The van der Waals surface area contributed by atoms with Crippen LogP contribution in [0.1, 0.15) is 19.4 Å². The molecule has 0 spiro atoms. The van der Waals surface area contributed by atoms with Gasteiger partial charge in [0.25, 0.3) is 0 Å². The SMILES string of the molecule is [2H]C([2H])([2H])c1cnc(-c2[c-]ccc3c2Oc2ccccc2N3c2ccccc2)cc1C([2H])([2H])[2H].[CH3][Ge]([CH3])([CH3])[c]1ccc(-c2[c-]cccc2)nc1.[Ir]. The third-order valence-electron chi connectivity index (χ3n) is 7.28. The van der Waals surface area contributed by atoms with Crippen molar-refractivity contribution in [1.29, 1.82) is 0 Å². The summed E-state index contributed by atoms with van der Waals surface area (Å²) < 4.78 is 54.6. The van der Waals surface area contributed by atoms with E-state index in [1.54, 1.807) is 6.07 Å². The van der Waals surface area contributed by atoms with Crippen LogP contribution in [0, 0.1) is 25.8 Å². The van der Waals surface area contributed by atoms with Gasteiger partial charge in [-0.15, -0.1) is 18.2 Å². The number of ether oxygens (including phenoxy) is 1. The van der Waals surface area contributed by atoms with E-state index in [1.165, 1.54) is 10.5 Å². The van der Waals surface area contributed by atoms with Crippen molar-refractivity contribution in [3.8, 4) is 34.0 Å². The van der Waals surface area contributed by atoms with Crippen LogP contribution in [0.3, 0.4) is 0 Å². The fraction of sp³-hybridized carbons (Fsp3) is 0.128. The Hall–Kier alpha value is -4.03. The number of para-hydroxylation sites is 3. The smallest absolute Gasteiger partial charge is 0 e. The summed E-state index contributed by atoms with van der Waals surface area (Å²) in [6.07, 6.45) is 3.15. The summed E-state index contributed by atoms with van der Waals surface area (Å²) in [5.41, 5.74) is 4.73. The maximum Gasteiger partial charge on any atom is 0 e. The predicted octanol–water partition coefficient (Wildman–Crippen LogP) is 9.83. The predicted molar refractivity (Wildman–Crippen MR) is 184 cm³/mol. The molecule has 7 rings (SSSR count). The van der Waals surface area contributed by atoms with Gasteiger partial charge in [0.05, 0.1) is 11.4 Å². The van der Waals surface area contributed by atoms with Crippen LogP contribution in [0.5, 0.6) is 11.5 Å². The van der Waals surface area contributed by atoms with E-state index in [0.717, 1.165) is 34.5 Å². The maximum absolute atomic E-state index is 7.89. The van der Waals surface area contributed by atoms with Gasteiger partial charge in [-0.25, -0.2) is 0 Å². The topological polar surface area (TPSA) is 38.2 Å². The molecule has 1 radical (unpaired) electrons. The molecule has 3 heterocycles. The first kappa shape index (κ1) is 25.2. The third-order valence-corrected chi connectivity index (χ3v) is 11.5. The molecule has 45 heavy (non-hydrogen) atoms. The molecule has 0 unspecified atom stereocenters. The molecular formula is C39H35GeIrN3O-2. The number of hydrogen-bond donors (Lipinski definition) is 0. The molecule has 0 N–H and O–H groups in total. The average molecular weight is 833 g/mol. The molecule has 0 fully saturated rings. The van der Waals surface area contributed by atoms with Crippen LogP contribution in [0.2, 0.25) is 17.3 Å². The third kappa shape index (κ3) is 7.12. The van der Waals surface area contributed by atoms with Gasteiger partial charge in [-0.05, 0) is 49.2 Å². The standard InChI is InChI=1S/C25H19N2O.C14H16GeN.Ir/c1-17-15-21(26-16-18(17)2)20-11-8-13-23-25(20)28-24-14-7-6-12-22(24)27(23)19-9-4-3-5-10-19;1-15(2,3)13-9-10-14(16-11-13)12-7-5-4-6-8-12;/h3-10,12-16H,1-2H3;4-7,9-11H,1-3H3;/q2*-1;/i1D3,2D3;;. The Morgan fingerprint density at radius 2 is 1.47 bits per heavy atom. The minimum atomic E-state index is -2.63. The summed E-state index contributed by atoms with van der Waals surface area (Å²) in [6.45, 7) is -5.23. The molecule has 4 nitrogen and oxygen atoms in total. The Bertz CT molecular complexity index is 2100. The summed E-state index contributed by atoms with van der Waals surface area (Å²) in [5, 5.41) is 0. The molecule has 4 aromatic carbocycles. The zero-order valence-electron chi connectivity index (χ0n) is 31.1. The van der Waals surface area contributed by atoms with Gasteiger partial charge in [0, 0.05) is 45.9 Å². The Morgan fingerprint density at radius 3 is 2.18 bits per heavy atom. The fourth-order valence-corrected chi connectivity index (χ4v) is 7.08. The van der Waals surface area contributed by atoms with Gasteiger partial charge in [0.2, 0.25) is 0 Å². The summed E-state index contributed by atoms with van der Waals surface area (Å²) >= 11 is -1.72. The van der Waals surface area contributed by atoms with E-state index < -0.39 is 27.0 Å². The van der Waals surface area contributed by atoms with Crippen LogP contribution in [0.15, 0.2) is 122 Å². The van der Waals surface area contributed by atoms with Gasteiger partial charge in [-0.3, -0.25) is 0 Å². The van der Waals surface area contributed by atoms with Crippen LogP contribution >= 0.6 is 0 Å². The first-order valence-electron chi connectivity index (χ1n) is 17.3. The number of aromatic nitrogens is 2. The summed E-state index contributed by atoms with van der Waals surface area (Å²) in [5.74, 6) is 8.22. The van der Waals surface area contributed by atoms with Gasteiger partial charge >= 0.3 is 99.8 Å². The second kappa shape index (κ2) is 13.9. The number of aryl methyl sites for hydroxylation is 2. The molecule has 6 aromatic rings. The van der Waals surface area contributed by atoms with E-state index in [0.29, 0.717) is 17.1 Å². The van der Waals surface area contributed by atoms with Crippen LogP contribution in [0.4, 0.5) is 17.1 Å². The van der Waals surface area contributed by atoms with Gasteiger partial charge in [-0.1, -0.05) is 47.5 Å². The van der Waals surface area contributed by atoms with Crippen LogP contribution in [0.25, 0.3) is 22.5 Å². The minimum absolute atomic E-state index is 0. The molecular weight excluding hydrogens is 791 g/mol. The molecule has 0 amide bonds. The number of nitrogens with zero attached hydrogens (tertiary/aromatic N) is 3. The first-order chi connectivity index (χ1) is 23.7. The Morgan fingerprint density at radius 1 is 0.711 bits per heavy atom. The van der Waals surface area contributed by atoms with Gasteiger partial charge in [-0.2, -0.15) is 0 Å². The summed E-state index contributed by atoms with van der Waals surface area (Å²) in [7, 11) is 0. The molecule has 227 valence electrons. The number of hydrogen-bond acceptors (Lipinski definition) is 4. The quantitative estimate of drug-likeness (QED) is 0.131. The minimum Gasteiger partial charge on any atom is 0 e. The van der Waals surface area contributed by atoms with E-state index >= 15 is 0 Å². The molecule has 0 saturated heterocycles. The zero-order valence-corrected chi connectivity index (χ0v) is 29.6. The number of pyridine rings is 2. The molecule has 0 saturated carbocycles. The van der Waals surface area contributed by atoms with Crippen molar-refractivity contribution < 1.29 is 33.1 Å². The van der Waals surface area contributed by atoms with E-state index in [9.17, 15) is 0 Å². The van der Waals surface area contributed by atoms with Crippen LogP contribution in [-0.2, 0) is 20.1 Å². The van der Waals surface area contributed by atoms with E-state index in [4.69, 9.17) is 13.0 Å². The Kier molecular flexibility index (Phi) is 7.81. The van der Waals surface area contributed by atoms with Gasteiger partial charge < -0.3 is 14.6 Å². The van der Waals surface area contributed by atoms with Crippen molar-refractivity contribution in [2.24, 2.45) is 0 Å². The van der Waals surface area contributed by atoms with Crippen molar-refractivity contribution >= 4 is 34.7 Å². The normalized spacial score (nSPS) is 14.2. The van der Waals surface area contributed by atoms with E-state index in [2.05, 4.69) is 51.5 Å². The summed E-state index contributed by atoms with van der Waals surface area (Å²) in [6, 6.07) is 40.9. The summed E-state index contributed by atoms with van der Waals surface area (Å²) in [4.78, 5) is 10.9. The van der Waals surface area contributed by atoms with Crippen LogP contribution < -0.4 is 14.0 Å². The van der Waals surface area contributed by atoms with Crippen molar-refractivity contribution in [2.45, 2.75) is 31.0 Å². The molecule has 0 bridgehead atoms. The number of benzene rings is 4. The molecule has 2 aromatic heterocycles. The van der Waals surface area contributed by atoms with Crippen LogP contribution in [-0.4, -0.2) is 23.2 Å². The van der Waals surface area contributed by atoms with Crippen molar-refractivity contribution in [3.63, 3.8) is 0 Å². The van der Waals surface area contributed by atoms with Gasteiger partial charge in [0.15, 0.2) is 0 Å². The monoisotopic (exact) mass is 834 g/mol. The molecule has 0 aliphatic carbocycles. The Balaban J connectivity index is 0.000000249. The fourth-order valence-electron chi connectivity index (χ4n) is 4.91. The number of rotatable bonds is 4. The molecule has 6 heteroatoms. The number of fused-ring (bicyclic) bond motifs is 2. The largest absolute Gasteiger partial charge is 0 e. The van der Waals surface area contributed by atoms with Crippen molar-refractivity contribution in [1.82, 2.24) is 9.97 Å². The average Bonchev–Trinajstić information content (AvgIpc) is 3.10. The van der Waals surface area contributed by atoms with E-state index in [-0.39, 0.29) is 36.9 Å². The molecule has 0 atom stereocenters. The first-order valence-corrected chi connectivity index (χ1v) is 21.7. The molecule has 1 aliphatic heterocycles. The number of anilines is 3. The molecule has 1 aliphatic rings. The zero-order chi connectivity index (χ0) is 35.7. The second-order valence-electron chi connectivity index (χ2n) is 11.4. The van der Waals surface area contributed by atoms with Gasteiger partial charge in [0.1, 0.15) is 5.75 Å². The maximum atomic E-state index is 7.89. The second-order valence-corrected chi connectivity index (χ2v) is 22.0. The Labute approximate surface area is 291 Å². The van der Waals surface area contributed by atoms with E-state index in [1.807, 2.05) is 96.0 Å². The van der Waals surface area contributed by atoms with Crippen molar-refractivity contribution in [3.05, 3.63) is 145 Å².